The molecule has 0 radical (unpaired) electrons. The lowest BCUT2D eigenvalue weighted by atomic mass is 9.80. The summed E-state index contributed by atoms with van der Waals surface area (Å²) in [4.78, 5) is 14.3. The van der Waals surface area contributed by atoms with Crippen molar-refractivity contribution in [1.29, 1.82) is 0 Å². The number of carbonyl (C=O) groups excluding carboxylic acids is 1. The van der Waals surface area contributed by atoms with Crippen LogP contribution in [0, 0.1) is 11.8 Å². The molecule has 1 atom stereocenters. The lowest BCUT2D eigenvalue weighted by Crippen LogP contribution is -2.48. The van der Waals surface area contributed by atoms with Gasteiger partial charge in [-0.25, -0.2) is 0 Å². The van der Waals surface area contributed by atoms with E-state index in [0.717, 1.165) is 70.2 Å². The van der Waals surface area contributed by atoms with Gasteiger partial charge >= 0.3 is 0 Å². The summed E-state index contributed by atoms with van der Waals surface area (Å²) in [5.41, 5.74) is 6.00. The molecule has 0 aliphatic carbocycles. The van der Waals surface area contributed by atoms with Gasteiger partial charge in [-0.3, -0.25) is 4.79 Å². The van der Waals surface area contributed by atoms with Gasteiger partial charge < -0.3 is 15.4 Å². The molecule has 2 heterocycles. The van der Waals surface area contributed by atoms with Gasteiger partial charge in [0.1, 0.15) is 0 Å². The van der Waals surface area contributed by atoms with E-state index in [1.165, 1.54) is 12.8 Å². The minimum absolute atomic E-state index is 0.170. The molecule has 0 aromatic carbocycles. The molecule has 4 nitrogen and oxygen atoms in total. The molecule has 1 unspecified atom stereocenters. The third-order valence-electron chi connectivity index (χ3n) is 4.97. The van der Waals surface area contributed by atoms with E-state index in [-0.39, 0.29) is 11.9 Å². The molecular weight excluding hydrogens is 252 g/mol. The largest absolute Gasteiger partial charge is 0.381 e. The molecule has 2 N–H and O–H groups in total. The highest BCUT2D eigenvalue weighted by Crippen LogP contribution is 2.31. The van der Waals surface area contributed by atoms with E-state index in [9.17, 15) is 4.79 Å². The maximum absolute atomic E-state index is 12.3. The van der Waals surface area contributed by atoms with E-state index in [2.05, 4.69) is 6.92 Å². The molecule has 2 fully saturated rings. The zero-order chi connectivity index (χ0) is 14.4. The fourth-order valence-electron chi connectivity index (χ4n) is 3.56. The van der Waals surface area contributed by atoms with Crippen molar-refractivity contribution in [2.45, 2.75) is 57.9 Å². The minimum atomic E-state index is -0.283. The van der Waals surface area contributed by atoms with Crippen molar-refractivity contribution in [2.24, 2.45) is 17.6 Å². The van der Waals surface area contributed by atoms with Gasteiger partial charge in [0, 0.05) is 26.3 Å². The molecule has 116 valence electrons. The molecule has 0 saturated carbocycles. The molecule has 2 saturated heterocycles. The fraction of sp³-hybridized carbons (Fsp3) is 0.938. The van der Waals surface area contributed by atoms with E-state index in [0.29, 0.717) is 0 Å². The summed E-state index contributed by atoms with van der Waals surface area (Å²) in [5.74, 6) is 1.77. The van der Waals surface area contributed by atoms with Gasteiger partial charge in [0.2, 0.25) is 5.91 Å². The van der Waals surface area contributed by atoms with Gasteiger partial charge in [-0.1, -0.05) is 19.8 Å². The van der Waals surface area contributed by atoms with Crippen LogP contribution in [0.15, 0.2) is 0 Å². The molecular formula is C16H30N2O2. The van der Waals surface area contributed by atoms with Crippen LogP contribution < -0.4 is 5.73 Å². The summed E-state index contributed by atoms with van der Waals surface area (Å²) in [6.45, 7) is 5.79. The van der Waals surface area contributed by atoms with Crippen LogP contribution >= 0.6 is 0 Å². The van der Waals surface area contributed by atoms with Crippen molar-refractivity contribution in [3.8, 4) is 0 Å². The Bertz CT molecular complexity index is 295. The average Bonchev–Trinajstić information content (AvgIpc) is 2.53. The standard InChI is InChI=1S/C16H30N2O2/c1-2-3-4-15(17)16(19)18-9-5-13(6-10-18)14-7-11-20-12-8-14/h13-15H,2-12,17H2,1H3. The number of ether oxygens (including phenoxy) is 1. The van der Waals surface area contributed by atoms with Crippen LogP contribution in [0.4, 0.5) is 0 Å². The monoisotopic (exact) mass is 282 g/mol. The number of amides is 1. The van der Waals surface area contributed by atoms with Crippen LogP contribution in [0.5, 0.6) is 0 Å². The lowest BCUT2D eigenvalue weighted by Gasteiger charge is -2.38. The van der Waals surface area contributed by atoms with Gasteiger partial charge in [0.05, 0.1) is 6.04 Å². The summed E-state index contributed by atoms with van der Waals surface area (Å²) >= 11 is 0. The van der Waals surface area contributed by atoms with E-state index in [4.69, 9.17) is 10.5 Å². The van der Waals surface area contributed by atoms with Crippen LogP contribution in [-0.4, -0.2) is 43.2 Å². The average molecular weight is 282 g/mol. The third-order valence-corrected chi connectivity index (χ3v) is 4.97. The fourth-order valence-corrected chi connectivity index (χ4v) is 3.56. The number of rotatable bonds is 5. The number of likely N-dealkylation sites (tertiary alicyclic amines) is 1. The highest BCUT2D eigenvalue weighted by atomic mass is 16.5. The molecule has 0 aromatic heterocycles. The zero-order valence-corrected chi connectivity index (χ0v) is 12.9. The Labute approximate surface area is 123 Å². The van der Waals surface area contributed by atoms with Crippen molar-refractivity contribution in [3.63, 3.8) is 0 Å². The highest BCUT2D eigenvalue weighted by molar-refractivity contribution is 5.81. The van der Waals surface area contributed by atoms with Crippen molar-refractivity contribution >= 4 is 5.91 Å². The molecule has 0 bridgehead atoms. The minimum Gasteiger partial charge on any atom is -0.381 e. The second-order valence-corrected chi connectivity index (χ2v) is 6.36. The summed E-state index contributed by atoms with van der Waals surface area (Å²) in [6, 6.07) is -0.283. The Kier molecular flexibility index (Phi) is 6.30. The van der Waals surface area contributed by atoms with Gasteiger partial charge in [0.15, 0.2) is 0 Å². The van der Waals surface area contributed by atoms with Gasteiger partial charge in [-0.2, -0.15) is 0 Å². The van der Waals surface area contributed by atoms with Crippen molar-refractivity contribution in [2.75, 3.05) is 26.3 Å². The smallest absolute Gasteiger partial charge is 0.239 e. The molecule has 2 rings (SSSR count). The predicted molar refractivity (Wildman–Crippen MR) is 80.3 cm³/mol. The van der Waals surface area contributed by atoms with Gasteiger partial charge in [0.25, 0.3) is 0 Å². The molecule has 2 aliphatic rings. The Balaban J connectivity index is 1.74. The second-order valence-electron chi connectivity index (χ2n) is 6.36. The van der Waals surface area contributed by atoms with Crippen LogP contribution in [0.3, 0.4) is 0 Å². The van der Waals surface area contributed by atoms with Crippen molar-refractivity contribution in [1.82, 2.24) is 4.90 Å². The first kappa shape index (κ1) is 15.8. The number of unbranched alkanes of at least 4 members (excludes halogenated alkanes) is 1. The molecule has 4 heteroatoms. The maximum Gasteiger partial charge on any atom is 0.239 e. The van der Waals surface area contributed by atoms with Crippen molar-refractivity contribution < 1.29 is 9.53 Å². The first-order chi connectivity index (χ1) is 9.72. The highest BCUT2D eigenvalue weighted by Gasteiger charge is 2.30. The number of hydrogen-bond donors (Lipinski definition) is 1. The number of piperidine rings is 1. The SMILES string of the molecule is CCCCC(N)C(=O)N1CCC(C2CCOCC2)CC1. The first-order valence-electron chi connectivity index (χ1n) is 8.34. The molecule has 0 spiro atoms. The topological polar surface area (TPSA) is 55.6 Å². The molecule has 2 aliphatic heterocycles. The normalized spacial score (nSPS) is 23.8. The summed E-state index contributed by atoms with van der Waals surface area (Å²) in [5, 5.41) is 0. The summed E-state index contributed by atoms with van der Waals surface area (Å²) in [6.07, 6.45) is 7.69. The van der Waals surface area contributed by atoms with Crippen LogP contribution in [-0.2, 0) is 9.53 Å². The molecule has 1 amide bonds. The second kappa shape index (κ2) is 7.99. The Hall–Kier alpha value is -0.610. The van der Waals surface area contributed by atoms with E-state index in [1.807, 2.05) is 4.90 Å². The van der Waals surface area contributed by atoms with Crippen LogP contribution in [0.1, 0.15) is 51.9 Å². The maximum atomic E-state index is 12.3. The van der Waals surface area contributed by atoms with E-state index >= 15 is 0 Å². The number of hydrogen-bond acceptors (Lipinski definition) is 3. The first-order valence-corrected chi connectivity index (χ1v) is 8.34. The van der Waals surface area contributed by atoms with Crippen molar-refractivity contribution in [3.05, 3.63) is 0 Å². The third kappa shape index (κ3) is 4.19. The van der Waals surface area contributed by atoms with Gasteiger partial charge in [-0.05, 0) is 43.9 Å². The lowest BCUT2D eigenvalue weighted by molar-refractivity contribution is -0.134. The zero-order valence-electron chi connectivity index (χ0n) is 12.9. The quantitative estimate of drug-likeness (QED) is 0.841. The van der Waals surface area contributed by atoms with Crippen LogP contribution in [0.25, 0.3) is 0 Å². The predicted octanol–water partition coefficient (Wildman–Crippen LogP) is 2.17. The summed E-state index contributed by atoms with van der Waals surface area (Å²) in [7, 11) is 0. The Morgan fingerprint density at radius 2 is 1.80 bits per heavy atom. The van der Waals surface area contributed by atoms with Gasteiger partial charge in [-0.15, -0.1) is 0 Å². The Morgan fingerprint density at radius 1 is 1.20 bits per heavy atom. The van der Waals surface area contributed by atoms with E-state index in [1.54, 1.807) is 0 Å². The number of carbonyl (C=O) groups is 1. The molecule has 20 heavy (non-hydrogen) atoms. The summed E-state index contributed by atoms with van der Waals surface area (Å²) < 4.78 is 5.44. The Morgan fingerprint density at radius 3 is 2.40 bits per heavy atom. The van der Waals surface area contributed by atoms with Crippen LogP contribution in [0.2, 0.25) is 0 Å². The van der Waals surface area contributed by atoms with E-state index < -0.39 is 0 Å². The molecule has 0 aromatic rings. The number of nitrogens with two attached hydrogens (primary N) is 1. The number of nitrogens with zero attached hydrogens (tertiary/aromatic N) is 1.